The molecule has 0 aliphatic rings. The SMILES string of the molecule is COP(=O)(NC(=O)CCCCCCBr)SC. The molecule has 0 saturated carbocycles. The smallest absolute Gasteiger partial charge is 0.309 e. The van der Waals surface area contributed by atoms with Crippen LogP contribution in [0, 0.1) is 0 Å². The van der Waals surface area contributed by atoms with Crippen LogP contribution in [0.1, 0.15) is 32.1 Å². The molecule has 7 heteroatoms. The summed E-state index contributed by atoms with van der Waals surface area (Å²) in [6.07, 6.45) is 6.16. The normalized spacial score (nSPS) is 14.4. The molecular formula is C9H19BrNO3PS. The van der Waals surface area contributed by atoms with Crippen molar-refractivity contribution in [2.24, 2.45) is 0 Å². The average molecular weight is 332 g/mol. The molecule has 1 amide bonds. The van der Waals surface area contributed by atoms with Crippen LogP contribution in [0.2, 0.25) is 0 Å². The molecular weight excluding hydrogens is 313 g/mol. The lowest BCUT2D eigenvalue weighted by Crippen LogP contribution is -2.19. The molecule has 0 aromatic heterocycles. The first kappa shape index (κ1) is 16.5. The lowest BCUT2D eigenvalue weighted by atomic mass is 10.1. The van der Waals surface area contributed by atoms with E-state index in [1.807, 2.05) is 0 Å². The van der Waals surface area contributed by atoms with E-state index in [-0.39, 0.29) is 5.91 Å². The number of alkyl halides is 1. The Hall–Kier alpha value is 0.490. The van der Waals surface area contributed by atoms with Crippen LogP contribution in [-0.2, 0) is 13.9 Å². The summed E-state index contributed by atoms with van der Waals surface area (Å²) < 4.78 is 16.5. The average Bonchev–Trinajstić information content (AvgIpc) is 2.28. The second-order valence-corrected chi connectivity index (χ2v) is 8.53. The van der Waals surface area contributed by atoms with Gasteiger partial charge in [0, 0.05) is 18.9 Å². The fourth-order valence-electron chi connectivity index (χ4n) is 1.11. The van der Waals surface area contributed by atoms with Gasteiger partial charge in [-0.05, 0) is 19.1 Å². The third-order valence-corrected chi connectivity index (χ3v) is 6.24. The van der Waals surface area contributed by atoms with Gasteiger partial charge in [0.15, 0.2) is 0 Å². The number of halogens is 1. The Balaban J connectivity index is 3.70. The van der Waals surface area contributed by atoms with Crippen molar-refractivity contribution in [3.8, 4) is 0 Å². The first-order valence-electron chi connectivity index (χ1n) is 5.16. The van der Waals surface area contributed by atoms with Gasteiger partial charge >= 0.3 is 6.72 Å². The summed E-state index contributed by atoms with van der Waals surface area (Å²) in [5.74, 6) is -0.196. The summed E-state index contributed by atoms with van der Waals surface area (Å²) in [4.78, 5) is 11.4. The highest BCUT2D eigenvalue weighted by Crippen LogP contribution is 2.53. The maximum Gasteiger partial charge on any atom is 0.352 e. The Morgan fingerprint density at radius 1 is 1.38 bits per heavy atom. The van der Waals surface area contributed by atoms with Gasteiger partial charge in [-0.25, -0.2) is 0 Å². The van der Waals surface area contributed by atoms with Gasteiger partial charge in [-0.15, -0.1) is 0 Å². The van der Waals surface area contributed by atoms with E-state index >= 15 is 0 Å². The van der Waals surface area contributed by atoms with Crippen molar-refractivity contribution in [1.29, 1.82) is 0 Å². The maximum absolute atomic E-state index is 11.7. The van der Waals surface area contributed by atoms with E-state index < -0.39 is 6.72 Å². The van der Waals surface area contributed by atoms with Crippen LogP contribution in [0.25, 0.3) is 0 Å². The Labute approximate surface area is 110 Å². The molecule has 1 N–H and O–H groups in total. The van der Waals surface area contributed by atoms with Crippen LogP contribution in [0.4, 0.5) is 0 Å². The molecule has 1 unspecified atom stereocenters. The Kier molecular flexibility index (Phi) is 9.80. The largest absolute Gasteiger partial charge is 0.352 e. The monoisotopic (exact) mass is 331 g/mol. The molecule has 1 atom stereocenters. The second-order valence-electron chi connectivity index (χ2n) is 3.25. The van der Waals surface area contributed by atoms with Crippen LogP contribution in [-0.4, -0.2) is 24.6 Å². The number of unbranched alkanes of at least 4 members (excludes halogenated alkanes) is 3. The number of amides is 1. The zero-order chi connectivity index (χ0) is 12.4. The molecule has 4 nitrogen and oxygen atoms in total. The van der Waals surface area contributed by atoms with Crippen molar-refractivity contribution in [1.82, 2.24) is 5.09 Å². The molecule has 0 heterocycles. The highest BCUT2D eigenvalue weighted by molar-refractivity contribution is 9.09. The molecule has 0 bridgehead atoms. The van der Waals surface area contributed by atoms with E-state index in [0.717, 1.165) is 42.4 Å². The minimum absolute atomic E-state index is 0.196. The van der Waals surface area contributed by atoms with E-state index in [0.29, 0.717) is 6.42 Å². The minimum atomic E-state index is -2.99. The van der Waals surface area contributed by atoms with Gasteiger partial charge < -0.3 is 4.52 Å². The number of rotatable bonds is 9. The van der Waals surface area contributed by atoms with E-state index in [4.69, 9.17) is 4.52 Å². The van der Waals surface area contributed by atoms with Crippen LogP contribution in [0.15, 0.2) is 0 Å². The van der Waals surface area contributed by atoms with Gasteiger partial charge in [0.05, 0.1) is 0 Å². The van der Waals surface area contributed by atoms with Gasteiger partial charge in [-0.3, -0.25) is 14.4 Å². The van der Waals surface area contributed by atoms with E-state index in [9.17, 15) is 9.36 Å². The van der Waals surface area contributed by atoms with Gasteiger partial charge in [-0.2, -0.15) is 0 Å². The maximum atomic E-state index is 11.7. The summed E-state index contributed by atoms with van der Waals surface area (Å²) >= 11 is 4.40. The predicted molar refractivity (Wildman–Crippen MR) is 73.2 cm³/mol. The summed E-state index contributed by atoms with van der Waals surface area (Å²) in [5.41, 5.74) is 0. The minimum Gasteiger partial charge on any atom is -0.309 e. The molecule has 0 rings (SSSR count). The topological polar surface area (TPSA) is 55.4 Å². The fourth-order valence-corrected chi connectivity index (χ4v) is 3.28. The molecule has 0 aliphatic heterocycles. The fraction of sp³-hybridized carbons (Fsp3) is 0.889. The van der Waals surface area contributed by atoms with Crippen molar-refractivity contribution in [3.05, 3.63) is 0 Å². The Bertz CT molecular complexity index is 245. The van der Waals surface area contributed by atoms with E-state index in [2.05, 4.69) is 21.0 Å². The highest BCUT2D eigenvalue weighted by Gasteiger charge is 2.22. The number of hydrogen-bond acceptors (Lipinski definition) is 4. The lowest BCUT2D eigenvalue weighted by Gasteiger charge is -2.14. The molecule has 0 fully saturated rings. The summed E-state index contributed by atoms with van der Waals surface area (Å²) in [7, 11) is 1.34. The van der Waals surface area contributed by atoms with Gasteiger partial charge in [0.1, 0.15) is 0 Å². The molecule has 16 heavy (non-hydrogen) atoms. The molecule has 0 saturated heterocycles. The van der Waals surface area contributed by atoms with Crippen molar-refractivity contribution in [2.75, 3.05) is 18.7 Å². The highest BCUT2D eigenvalue weighted by atomic mass is 79.9. The molecule has 0 aliphatic carbocycles. The van der Waals surface area contributed by atoms with Crippen molar-refractivity contribution >= 4 is 39.9 Å². The van der Waals surface area contributed by atoms with Gasteiger partial charge in [0.2, 0.25) is 5.91 Å². The van der Waals surface area contributed by atoms with E-state index in [1.165, 1.54) is 7.11 Å². The van der Waals surface area contributed by atoms with Gasteiger partial charge in [0.25, 0.3) is 0 Å². The predicted octanol–water partition coefficient (Wildman–Crippen LogP) is 3.57. The number of carbonyl (C=O) groups excluding carboxylic acids is 1. The summed E-state index contributed by atoms with van der Waals surface area (Å²) in [6.45, 7) is -2.99. The first-order valence-corrected chi connectivity index (χ1v) is 9.74. The van der Waals surface area contributed by atoms with Gasteiger partial charge in [-0.1, -0.05) is 40.2 Å². The molecule has 96 valence electrons. The third-order valence-electron chi connectivity index (χ3n) is 2.03. The molecule has 0 aromatic carbocycles. The second kappa shape index (κ2) is 9.51. The third kappa shape index (κ3) is 7.71. The van der Waals surface area contributed by atoms with Crippen molar-refractivity contribution < 1.29 is 13.9 Å². The van der Waals surface area contributed by atoms with Crippen molar-refractivity contribution in [2.45, 2.75) is 32.1 Å². The zero-order valence-corrected chi connectivity index (χ0v) is 13.0. The van der Waals surface area contributed by atoms with E-state index in [1.54, 1.807) is 6.26 Å². The lowest BCUT2D eigenvalue weighted by molar-refractivity contribution is -0.119. The quantitative estimate of drug-likeness (QED) is 0.398. The van der Waals surface area contributed by atoms with Crippen LogP contribution in [0.5, 0.6) is 0 Å². The number of carbonyl (C=O) groups is 1. The van der Waals surface area contributed by atoms with Crippen LogP contribution >= 0.6 is 34.0 Å². The summed E-state index contributed by atoms with van der Waals surface area (Å²) in [5, 5.41) is 3.44. The number of hydrogen-bond donors (Lipinski definition) is 1. The number of nitrogens with one attached hydrogen (secondary N) is 1. The van der Waals surface area contributed by atoms with Crippen molar-refractivity contribution in [3.63, 3.8) is 0 Å². The van der Waals surface area contributed by atoms with Crippen LogP contribution in [0.3, 0.4) is 0 Å². The van der Waals surface area contributed by atoms with Crippen LogP contribution < -0.4 is 5.09 Å². The first-order chi connectivity index (χ1) is 7.58. The molecule has 0 radical (unpaired) electrons. The Morgan fingerprint density at radius 3 is 2.50 bits per heavy atom. The summed E-state index contributed by atoms with van der Waals surface area (Å²) in [6, 6.07) is 0. The Morgan fingerprint density at radius 2 is 2.00 bits per heavy atom. The zero-order valence-electron chi connectivity index (χ0n) is 9.70. The molecule has 0 spiro atoms. The standard InChI is InChI=1S/C9H19BrNO3PS/c1-14-15(13,16-2)11-9(12)7-5-3-4-6-8-10/h3-8H2,1-2H3,(H,11,12,13). The molecule has 0 aromatic rings.